The Morgan fingerprint density at radius 2 is 2.11 bits per heavy atom. The van der Waals surface area contributed by atoms with Crippen molar-refractivity contribution < 1.29 is 9.18 Å². The number of halogens is 1. The van der Waals surface area contributed by atoms with Crippen LogP contribution in [0.15, 0.2) is 24.3 Å². The first kappa shape index (κ1) is 13.0. The third-order valence-electron chi connectivity index (χ3n) is 3.76. The molecule has 98 valence electrons. The van der Waals surface area contributed by atoms with Crippen molar-refractivity contribution in [3.8, 4) is 0 Å². The number of rotatable bonds is 3. The van der Waals surface area contributed by atoms with Gasteiger partial charge in [-0.25, -0.2) is 4.39 Å². The minimum atomic E-state index is -0.279. The third-order valence-corrected chi connectivity index (χ3v) is 3.76. The molecule has 18 heavy (non-hydrogen) atoms. The van der Waals surface area contributed by atoms with Crippen LogP contribution in [0.3, 0.4) is 0 Å². The van der Waals surface area contributed by atoms with Gasteiger partial charge in [0.1, 0.15) is 5.82 Å². The average molecular weight is 250 g/mol. The molecule has 1 aliphatic rings. The van der Waals surface area contributed by atoms with Crippen LogP contribution in [0.4, 0.5) is 4.39 Å². The zero-order valence-corrected chi connectivity index (χ0v) is 10.7. The van der Waals surface area contributed by atoms with E-state index in [0.717, 1.165) is 24.9 Å². The van der Waals surface area contributed by atoms with E-state index in [0.29, 0.717) is 13.0 Å². The number of carbonyl (C=O) groups is 1. The van der Waals surface area contributed by atoms with Crippen LogP contribution in [0.2, 0.25) is 0 Å². The molecule has 1 amide bonds. The predicted molar refractivity (Wildman–Crippen MR) is 68.5 cm³/mol. The summed E-state index contributed by atoms with van der Waals surface area (Å²) in [4.78, 5) is 14.1. The average Bonchev–Trinajstić information content (AvgIpc) is 2.75. The Hall–Kier alpha value is -1.42. The molecule has 4 heteroatoms. The van der Waals surface area contributed by atoms with Gasteiger partial charge in [0.15, 0.2) is 0 Å². The molecule has 1 unspecified atom stereocenters. The van der Waals surface area contributed by atoms with Crippen LogP contribution in [0.25, 0.3) is 0 Å². The van der Waals surface area contributed by atoms with E-state index in [2.05, 4.69) is 0 Å². The second kappa shape index (κ2) is 5.06. The second-order valence-corrected chi connectivity index (χ2v) is 5.15. The summed E-state index contributed by atoms with van der Waals surface area (Å²) in [5.74, 6) is -0.203. The summed E-state index contributed by atoms with van der Waals surface area (Å²) in [6.45, 7) is 3.29. The highest BCUT2D eigenvalue weighted by molar-refractivity contribution is 5.79. The fourth-order valence-corrected chi connectivity index (χ4v) is 2.53. The monoisotopic (exact) mass is 250 g/mol. The van der Waals surface area contributed by atoms with Crippen molar-refractivity contribution in [1.29, 1.82) is 0 Å². The molecule has 1 aromatic carbocycles. The zero-order chi connectivity index (χ0) is 13.2. The Morgan fingerprint density at radius 3 is 2.72 bits per heavy atom. The van der Waals surface area contributed by atoms with Gasteiger partial charge in [0, 0.05) is 13.1 Å². The Balaban J connectivity index is 2.06. The highest BCUT2D eigenvalue weighted by Gasteiger charge is 2.37. The van der Waals surface area contributed by atoms with E-state index in [1.807, 2.05) is 11.8 Å². The Morgan fingerprint density at radius 1 is 1.44 bits per heavy atom. The maximum atomic E-state index is 12.8. The van der Waals surface area contributed by atoms with E-state index in [4.69, 9.17) is 5.73 Å². The lowest BCUT2D eigenvalue weighted by atomic mass is 9.98. The molecule has 0 aromatic heterocycles. The second-order valence-electron chi connectivity index (χ2n) is 5.15. The van der Waals surface area contributed by atoms with Gasteiger partial charge in [0.05, 0.1) is 12.0 Å². The first-order chi connectivity index (χ1) is 8.55. The van der Waals surface area contributed by atoms with Crippen LogP contribution < -0.4 is 5.73 Å². The van der Waals surface area contributed by atoms with Crippen LogP contribution in [-0.2, 0) is 11.2 Å². The number of hydrogen-bond donors (Lipinski definition) is 1. The van der Waals surface area contributed by atoms with Gasteiger partial charge < -0.3 is 10.6 Å². The zero-order valence-electron chi connectivity index (χ0n) is 10.7. The molecule has 1 fully saturated rings. The topological polar surface area (TPSA) is 46.3 Å². The number of likely N-dealkylation sites (tertiary alicyclic amines) is 1. The standard InChI is InChI=1S/C14H19FN2O/c1-14(10-16)7-2-8-17(14)13(18)9-11-3-5-12(15)6-4-11/h3-6H,2,7-10,16H2,1H3. The maximum Gasteiger partial charge on any atom is 0.227 e. The van der Waals surface area contributed by atoms with Crippen LogP contribution in [-0.4, -0.2) is 29.4 Å². The fourth-order valence-electron chi connectivity index (χ4n) is 2.53. The van der Waals surface area contributed by atoms with E-state index in [-0.39, 0.29) is 17.3 Å². The number of nitrogens with zero attached hydrogens (tertiary/aromatic N) is 1. The fraction of sp³-hybridized carbons (Fsp3) is 0.500. The summed E-state index contributed by atoms with van der Waals surface area (Å²) in [7, 11) is 0. The van der Waals surface area contributed by atoms with Gasteiger partial charge >= 0.3 is 0 Å². The smallest absolute Gasteiger partial charge is 0.227 e. The van der Waals surface area contributed by atoms with Gasteiger partial charge in [-0.15, -0.1) is 0 Å². The van der Waals surface area contributed by atoms with Crippen molar-refractivity contribution in [3.63, 3.8) is 0 Å². The van der Waals surface area contributed by atoms with Gasteiger partial charge in [0.2, 0.25) is 5.91 Å². The largest absolute Gasteiger partial charge is 0.336 e. The SMILES string of the molecule is CC1(CN)CCCN1C(=O)Cc1ccc(F)cc1. The van der Waals surface area contributed by atoms with E-state index < -0.39 is 0 Å². The van der Waals surface area contributed by atoms with Crippen molar-refractivity contribution >= 4 is 5.91 Å². The normalized spacial score (nSPS) is 23.4. The lowest BCUT2D eigenvalue weighted by Gasteiger charge is -2.34. The quantitative estimate of drug-likeness (QED) is 0.887. The van der Waals surface area contributed by atoms with Crippen molar-refractivity contribution in [3.05, 3.63) is 35.6 Å². The molecular weight excluding hydrogens is 231 g/mol. The van der Waals surface area contributed by atoms with Gasteiger partial charge in [0.25, 0.3) is 0 Å². The van der Waals surface area contributed by atoms with Crippen molar-refractivity contribution in [2.45, 2.75) is 31.7 Å². The summed E-state index contributed by atoms with van der Waals surface area (Å²) in [5.41, 5.74) is 6.40. The molecule has 2 rings (SSSR count). The van der Waals surface area contributed by atoms with Crippen LogP contribution in [0, 0.1) is 5.82 Å². The lowest BCUT2D eigenvalue weighted by molar-refractivity contribution is -0.133. The Kier molecular flexibility index (Phi) is 3.66. The number of hydrogen-bond acceptors (Lipinski definition) is 2. The molecule has 0 radical (unpaired) electrons. The highest BCUT2D eigenvalue weighted by Crippen LogP contribution is 2.28. The van der Waals surface area contributed by atoms with Crippen molar-refractivity contribution in [2.75, 3.05) is 13.1 Å². The molecule has 1 aliphatic heterocycles. The Labute approximate surface area is 107 Å². The summed E-state index contributed by atoms with van der Waals surface area (Å²) < 4.78 is 12.8. The van der Waals surface area contributed by atoms with E-state index >= 15 is 0 Å². The summed E-state index contributed by atoms with van der Waals surface area (Å²) in [6, 6.07) is 6.08. The molecule has 3 nitrogen and oxygen atoms in total. The van der Waals surface area contributed by atoms with Crippen LogP contribution in [0.1, 0.15) is 25.3 Å². The molecule has 1 aromatic rings. The molecule has 0 aliphatic carbocycles. The van der Waals surface area contributed by atoms with Crippen LogP contribution >= 0.6 is 0 Å². The number of carbonyl (C=O) groups excluding carboxylic acids is 1. The first-order valence-electron chi connectivity index (χ1n) is 6.30. The van der Waals surface area contributed by atoms with E-state index in [1.54, 1.807) is 12.1 Å². The number of benzene rings is 1. The summed E-state index contributed by atoms with van der Waals surface area (Å²) in [6.07, 6.45) is 2.28. The minimum Gasteiger partial charge on any atom is -0.336 e. The lowest BCUT2D eigenvalue weighted by Crippen LogP contribution is -2.50. The molecule has 0 bridgehead atoms. The van der Waals surface area contributed by atoms with Crippen molar-refractivity contribution in [2.24, 2.45) is 5.73 Å². The maximum absolute atomic E-state index is 12.8. The molecule has 2 N–H and O–H groups in total. The summed E-state index contributed by atoms with van der Waals surface area (Å²) in [5, 5.41) is 0. The molecule has 1 saturated heterocycles. The minimum absolute atomic E-state index is 0.0760. The number of amides is 1. The van der Waals surface area contributed by atoms with Gasteiger partial charge in [-0.2, -0.15) is 0 Å². The molecular formula is C14H19FN2O. The van der Waals surface area contributed by atoms with Gasteiger partial charge in [-0.3, -0.25) is 4.79 Å². The van der Waals surface area contributed by atoms with E-state index in [9.17, 15) is 9.18 Å². The van der Waals surface area contributed by atoms with Crippen molar-refractivity contribution in [1.82, 2.24) is 4.90 Å². The molecule has 0 spiro atoms. The molecule has 0 saturated carbocycles. The summed E-state index contributed by atoms with van der Waals surface area (Å²) >= 11 is 0. The van der Waals surface area contributed by atoms with Gasteiger partial charge in [-0.1, -0.05) is 12.1 Å². The van der Waals surface area contributed by atoms with Gasteiger partial charge in [-0.05, 0) is 37.5 Å². The predicted octanol–water partition coefficient (Wildman–Crippen LogP) is 1.71. The molecule has 1 atom stereocenters. The first-order valence-corrected chi connectivity index (χ1v) is 6.30. The Bertz CT molecular complexity index is 432. The number of nitrogens with two attached hydrogens (primary N) is 1. The third kappa shape index (κ3) is 2.53. The van der Waals surface area contributed by atoms with E-state index in [1.165, 1.54) is 12.1 Å². The van der Waals surface area contributed by atoms with Crippen LogP contribution in [0.5, 0.6) is 0 Å². The molecule has 1 heterocycles. The highest BCUT2D eigenvalue weighted by atomic mass is 19.1.